The lowest BCUT2D eigenvalue weighted by Gasteiger charge is -2.36. The molecule has 1 saturated heterocycles. The predicted octanol–water partition coefficient (Wildman–Crippen LogP) is 4.21. The summed E-state index contributed by atoms with van der Waals surface area (Å²) in [6, 6.07) is 7.00. The monoisotopic (exact) mass is 644 g/mol. The molecule has 3 atom stereocenters. The molecule has 1 aromatic heterocycles. The highest BCUT2D eigenvalue weighted by molar-refractivity contribution is 6.31. The Balaban J connectivity index is 1.63. The van der Waals surface area contributed by atoms with Crippen LogP contribution in [0.2, 0.25) is 5.02 Å². The van der Waals surface area contributed by atoms with E-state index in [1.54, 1.807) is 12.1 Å². The third-order valence-corrected chi connectivity index (χ3v) is 8.02. The van der Waals surface area contributed by atoms with Crippen LogP contribution in [0.3, 0.4) is 0 Å². The van der Waals surface area contributed by atoms with Crippen LogP contribution in [0.25, 0.3) is 0 Å². The van der Waals surface area contributed by atoms with Gasteiger partial charge < -0.3 is 10.4 Å². The van der Waals surface area contributed by atoms with Crippen LogP contribution in [0.5, 0.6) is 0 Å². The SMILES string of the molecule is N#Cc1ccnc(N2C(=O)[C@H](O)CC2C(=O)N(c2cc(F)cc(F)c2)[C@@H](C(=O)NC2CCC(F)(F)CC2)c2ccccc2Cl)n1. The molecule has 3 amide bonds. The van der Waals surface area contributed by atoms with E-state index in [4.69, 9.17) is 11.6 Å². The number of nitriles is 1. The molecule has 234 valence electrons. The van der Waals surface area contributed by atoms with Crippen LogP contribution in [-0.4, -0.2) is 56.9 Å². The van der Waals surface area contributed by atoms with E-state index in [1.165, 1.54) is 24.3 Å². The summed E-state index contributed by atoms with van der Waals surface area (Å²) >= 11 is 6.49. The van der Waals surface area contributed by atoms with Gasteiger partial charge in [-0.1, -0.05) is 29.8 Å². The number of alkyl halides is 2. The van der Waals surface area contributed by atoms with Crippen LogP contribution < -0.4 is 15.1 Å². The van der Waals surface area contributed by atoms with E-state index >= 15 is 0 Å². The molecule has 1 saturated carbocycles. The number of anilines is 2. The Morgan fingerprint density at radius 1 is 1.13 bits per heavy atom. The maximum Gasteiger partial charge on any atom is 0.259 e. The molecule has 2 heterocycles. The number of amides is 3. The summed E-state index contributed by atoms with van der Waals surface area (Å²) in [7, 11) is 0. The van der Waals surface area contributed by atoms with Gasteiger partial charge in [0, 0.05) is 48.2 Å². The minimum Gasteiger partial charge on any atom is -0.383 e. The topological polar surface area (TPSA) is 140 Å². The quantitative estimate of drug-likeness (QED) is 0.367. The van der Waals surface area contributed by atoms with Crippen LogP contribution in [0.1, 0.15) is 49.4 Å². The number of hydrogen-bond donors (Lipinski definition) is 2. The van der Waals surface area contributed by atoms with E-state index in [0.717, 1.165) is 28.1 Å². The number of carbonyl (C=O) groups is 3. The average molecular weight is 645 g/mol. The molecule has 5 rings (SSSR count). The second-order valence-electron chi connectivity index (χ2n) is 10.7. The third-order valence-electron chi connectivity index (χ3n) is 7.67. The lowest BCUT2D eigenvalue weighted by molar-refractivity contribution is -0.128. The second kappa shape index (κ2) is 12.8. The van der Waals surface area contributed by atoms with Crippen molar-refractivity contribution in [2.24, 2.45) is 0 Å². The third kappa shape index (κ3) is 6.74. The zero-order valence-corrected chi connectivity index (χ0v) is 24.1. The number of aromatic nitrogens is 2. The summed E-state index contributed by atoms with van der Waals surface area (Å²) in [5, 5.41) is 22.5. The van der Waals surface area contributed by atoms with Crippen molar-refractivity contribution in [2.45, 2.75) is 62.3 Å². The maximum absolute atomic E-state index is 14.6. The number of hydrogen-bond acceptors (Lipinski definition) is 7. The van der Waals surface area contributed by atoms with E-state index in [2.05, 4.69) is 15.3 Å². The molecule has 2 aliphatic rings. The molecule has 10 nitrogen and oxygen atoms in total. The lowest BCUT2D eigenvalue weighted by atomic mass is 9.91. The molecule has 3 aromatic rings. The van der Waals surface area contributed by atoms with E-state index < -0.39 is 90.4 Å². The Morgan fingerprint density at radius 3 is 2.44 bits per heavy atom. The highest BCUT2D eigenvalue weighted by atomic mass is 35.5. The minimum atomic E-state index is -2.89. The van der Waals surface area contributed by atoms with E-state index in [-0.39, 0.29) is 29.1 Å². The molecule has 1 unspecified atom stereocenters. The first-order valence-electron chi connectivity index (χ1n) is 13.8. The number of halogens is 5. The minimum absolute atomic E-state index is 0.00746. The van der Waals surface area contributed by atoms with Gasteiger partial charge in [0.2, 0.25) is 17.8 Å². The zero-order valence-electron chi connectivity index (χ0n) is 23.3. The molecule has 1 aliphatic heterocycles. The zero-order chi connectivity index (χ0) is 32.5. The molecule has 15 heteroatoms. The molecule has 2 aromatic carbocycles. The number of aliphatic hydroxyl groups is 1. The van der Waals surface area contributed by atoms with Crippen molar-refractivity contribution in [1.82, 2.24) is 15.3 Å². The fourth-order valence-electron chi connectivity index (χ4n) is 5.51. The fraction of sp³-hybridized carbons (Fsp3) is 0.333. The number of nitrogens with one attached hydrogen (secondary N) is 1. The number of rotatable bonds is 7. The predicted molar refractivity (Wildman–Crippen MR) is 152 cm³/mol. The Kier molecular flexibility index (Phi) is 9.03. The van der Waals surface area contributed by atoms with Gasteiger partial charge in [0.1, 0.15) is 41.6 Å². The summed E-state index contributed by atoms with van der Waals surface area (Å²) in [5.74, 6) is -8.45. The lowest BCUT2D eigenvalue weighted by Crippen LogP contribution is -2.53. The standard InChI is InChI=1S/C30H25ClF4N6O4/c31-22-4-2-1-3-21(22)25(26(43)38-18-5-8-30(34,35)9-6-18)40(20-12-16(32)11-17(33)13-20)27(44)23-14-24(42)28(45)41(23)29-37-10-7-19(15-36)39-29/h1-4,7,10-13,18,23-25,42H,5-6,8-9,14H2,(H,38,43)/t23?,24-,25-/m1/s1. The first-order valence-corrected chi connectivity index (χ1v) is 14.2. The van der Waals surface area contributed by atoms with E-state index in [1.807, 2.05) is 0 Å². The highest BCUT2D eigenvalue weighted by Crippen LogP contribution is 2.38. The van der Waals surface area contributed by atoms with Crippen molar-refractivity contribution in [3.05, 3.63) is 82.6 Å². The van der Waals surface area contributed by atoms with Crippen molar-refractivity contribution in [2.75, 3.05) is 9.80 Å². The van der Waals surface area contributed by atoms with Crippen LogP contribution in [0.4, 0.5) is 29.2 Å². The second-order valence-corrected chi connectivity index (χ2v) is 11.1. The number of benzene rings is 2. The molecule has 2 fully saturated rings. The van der Waals surface area contributed by atoms with Crippen LogP contribution in [-0.2, 0) is 14.4 Å². The fourth-order valence-corrected chi connectivity index (χ4v) is 5.75. The van der Waals surface area contributed by atoms with Crippen molar-refractivity contribution in [1.29, 1.82) is 5.26 Å². The van der Waals surface area contributed by atoms with Gasteiger partial charge in [0.15, 0.2) is 0 Å². The van der Waals surface area contributed by atoms with Crippen molar-refractivity contribution in [3.8, 4) is 6.07 Å². The van der Waals surface area contributed by atoms with Gasteiger partial charge in [0.05, 0.1) is 5.69 Å². The Morgan fingerprint density at radius 2 is 1.80 bits per heavy atom. The summed E-state index contributed by atoms with van der Waals surface area (Å²) in [6.07, 6.45) is -2.19. The molecular formula is C30H25ClF4N6O4. The van der Waals surface area contributed by atoms with Crippen LogP contribution in [0.15, 0.2) is 54.7 Å². The van der Waals surface area contributed by atoms with Gasteiger partial charge in [-0.05, 0) is 37.1 Å². The van der Waals surface area contributed by atoms with E-state index in [9.17, 15) is 42.3 Å². The normalized spacial score (nSPS) is 20.4. The first kappa shape index (κ1) is 31.8. The van der Waals surface area contributed by atoms with Gasteiger partial charge in [-0.2, -0.15) is 5.26 Å². The van der Waals surface area contributed by atoms with Crippen LogP contribution in [0, 0.1) is 23.0 Å². The number of nitrogens with zero attached hydrogens (tertiary/aromatic N) is 5. The van der Waals surface area contributed by atoms with Crippen molar-refractivity contribution >= 4 is 41.0 Å². The highest BCUT2D eigenvalue weighted by Gasteiger charge is 2.49. The summed E-state index contributed by atoms with van der Waals surface area (Å²) < 4.78 is 57.0. The molecular weight excluding hydrogens is 620 g/mol. The maximum atomic E-state index is 14.6. The summed E-state index contributed by atoms with van der Waals surface area (Å²) in [4.78, 5) is 51.1. The smallest absolute Gasteiger partial charge is 0.259 e. The van der Waals surface area contributed by atoms with Crippen LogP contribution >= 0.6 is 11.6 Å². The van der Waals surface area contributed by atoms with Gasteiger partial charge in [0.25, 0.3) is 11.8 Å². The number of carbonyl (C=O) groups excluding carboxylic acids is 3. The summed E-state index contributed by atoms with van der Waals surface area (Å²) in [5.41, 5.74) is -0.570. The first-order chi connectivity index (χ1) is 21.4. The average Bonchev–Trinajstić information content (AvgIpc) is 3.30. The van der Waals surface area contributed by atoms with Gasteiger partial charge >= 0.3 is 0 Å². The van der Waals surface area contributed by atoms with Gasteiger partial charge in [-0.3, -0.25) is 24.2 Å². The Hall–Kier alpha value is -4.61. The van der Waals surface area contributed by atoms with Crippen molar-refractivity contribution in [3.63, 3.8) is 0 Å². The molecule has 0 bridgehead atoms. The molecule has 45 heavy (non-hydrogen) atoms. The Labute approximate surface area is 259 Å². The summed E-state index contributed by atoms with van der Waals surface area (Å²) in [6.45, 7) is 0. The van der Waals surface area contributed by atoms with Crippen molar-refractivity contribution < 1.29 is 37.1 Å². The van der Waals surface area contributed by atoms with E-state index in [0.29, 0.717) is 6.07 Å². The molecule has 2 N–H and O–H groups in total. The molecule has 0 radical (unpaired) electrons. The largest absolute Gasteiger partial charge is 0.383 e. The van der Waals surface area contributed by atoms with Gasteiger partial charge in [-0.15, -0.1) is 0 Å². The molecule has 1 aliphatic carbocycles. The molecule has 0 spiro atoms. The van der Waals surface area contributed by atoms with Gasteiger partial charge in [-0.25, -0.2) is 27.5 Å². The Bertz CT molecular complexity index is 1660. The number of aliphatic hydroxyl groups excluding tert-OH is 1.